The number of rotatable bonds is 4. The first-order valence-corrected chi connectivity index (χ1v) is 8.46. The normalized spacial score (nSPS) is 15.0. The summed E-state index contributed by atoms with van der Waals surface area (Å²) in [4.78, 5) is 25.0. The maximum absolute atomic E-state index is 14.2. The summed E-state index contributed by atoms with van der Waals surface area (Å²) in [6.45, 7) is -0.780. The van der Waals surface area contributed by atoms with Gasteiger partial charge in [0.25, 0.3) is 11.8 Å². The lowest BCUT2D eigenvalue weighted by molar-refractivity contribution is -0.143. The molecule has 30 heavy (non-hydrogen) atoms. The summed E-state index contributed by atoms with van der Waals surface area (Å²) < 4.78 is 91.5. The van der Waals surface area contributed by atoms with Crippen LogP contribution in [0.1, 0.15) is 37.4 Å². The van der Waals surface area contributed by atoms with Crippen LogP contribution in [0.3, 0.4) is 0 Å². The van der Waals surface area contributed by atoms with Crippen molar-refractivity contribution < 1.29 is 40.3 Å². The van der Waals surface area contributed by atoms with E-state index >= 15 is 0 Å². The number of alkyl halides is 6. The van der Waals surface area contributed by atoms with Gasteiger partial charge in [0.2, 0.25) is 0 Å². The molecule has 10 heteroatoms. The van der Waals surface area contributed by atoms with Crippen LogP contribution in [0.4, 0.5) is 30.7 Å². The summed E-state index contributed by atoms with van der Waals surface area (Å²) in [5.74, 6) is -2.52. The molecule has 0 unspecified atom stereocenters. The molecule has 0 atom stereocenters. The van der Waals surface area contributed by atoms with Crippen LogP contribution in [-0.2, 0) is 18.8 Å². The molecule has 0 radical (unpaired) electrons. The number of imide groups is 1. The fourth-order valence-corrected chi connectivity index (χ4v) is 2.96. The quantitative estimate of drug-likeness (QED) is 0.479. The standard InChI is InChI=1S/C20H12F7NO2/c21-14(10-28-17(29)15-3-1-2-4-16(15)18(28)30)6-5-11-7-12(19(22,23)24)9-13(8-11)20(25,26)27/h1-4,6-9H,5,10H2. The van der Waals surface area contributed by atoms with Crippen molar-refractivity contribution in [1.29, 1.82) is 0 Å². The lowest BCUT2D eigenvalue weighted by Crippen LogP contribution is -2.31. The Balaban J connectivity index is 1.81. The molecule has 2 aromatic rings. The number of carbonyl (C=O) groups is 2. The molecule has 3 nitrogen and oxygen atoms in total. The Morgan fingerprint density at radius 3 is 1.73 bits per heavy atom. The molecule has 1 aliphatic rings. The van der Waals surface area contributed by atoms with E-state index in [0.717, 1.165) is 6.08 Å². The zero-order valence-corrected chi connectivity index (χ0v) is 14.9. The highest BCUT2D eigenvalue weighted by atomic mass is 19.4. The number of carbonyl (C=O) groups excluding carboxylic acids is 2. The van der Waals surface area contributed by atoms with Crippen molar-refractivity contribution in [2.75, 3.05) is 6.54 Å². The third kappa shape index (κ3) is 4.37. The Morgan fingerprint density at radius 2 is 1.30 bits per heavy atom. The van der Waals surface area contributed by atoms with Gasteiger partial charge in [0.15, 0.2) is 0 Å². The van der Waals surface area contributed by atoms with E-state index in [0.29, 0.717) is 17.0 Å². The third-order valence-electron chi connectivity index (χ3n) is 4.39. The van der Waals surface area contributed by atoms with E-state index in [-0.39, 0.29) is 17.2 Å². The van der Waals surface area contributed by atoms with Gasteiger partial charge in [-0.15, -0.1) is 0 Å². The molecule has 0 spiro atoms. The summed E-state index contributed by atoms with van der Waals surface area (Å²) in [5, 5.41) is 0. The van der Waals surface area contributed by atoms with E-state index in [1.807, 2.05) is 0 Å². The summed E-state index contributed by atoms with van der Waals surface area (Å²) in [7, 11) is 0. The Morgan fingerprint density at radius 1 is 0.833 bits per heavy atom. The molecule has 0 fully saturated rings. The van der Waals surface area contributed by atoms with Crippen molar-refractivity contribution in [2.24, 2.45) is 0 Å². The van der Waals surface area contributed by atoms with E-state index in [4.69, 9.17) is 0 Å². The number of halogens is 7. The number of hydrogen-bond donors (Lipinski definition) is 0. The van der Waals surface area contributed by atoms with Crippen LogP contribution in [0.15, 0.2) is 54.4 Å². The van der Waals surface area contributed by atoms with Gasteiger partial charge in [-0.25, -0.2) is 4.39 Å². The minimum Gasteiger partial charge on any atom is -0.269 e. The van der Waals surface area contributed by atoms with Gasteiger partial charge in [-0.05, 0) is 48.4 Å². The maximum atomic E-state index is 14.2. The van der Waals surface area contributed by atoms with Gasteiger partial charge < -0.3 is 0 Å². The molecular weight excluding hydrogens is 419 g/mol. The minimum atomic E-state index is -5.02. The molecule has 1 heterocycles. The Labute approximate surface area is 165 Å². The van der Waals surface area contributed by atoms with Crippen LogP contribution in [0, 0.1) is 0 Å². The maximum Gasteiger partial charge on any atom is 0.416 e. The van der Waals surface area contributed by atoms with Gasteiger partial charge in [-0.1, -0.05) is 12.1 Å². The predicted octanol–water partition coefficient (Wildman–Crippen LogP) is 5.42. The van der Waals surface area contributed by atoms with Crippen molar-refractivity contribution in [3.05, 3.63) is 82.2 Å². The zero-order chi connectivity index (χ0) is 22.3. The van der Waals surface area contributed by atoms with E-state index in [1.165, 1.54) is 24.3 Å². The van der Waals surface area contributed by atoms with Gasteiger partial charge in [0.05, 0.1) is 28.8 Å². The SMILES string of the molecule is O=C1c2ccccc2C(=O)N1CC(F)=CCc1cc(C(F)(F)F)cc(C(F)(F)F)c1. The molecule has 1 aliphatic heterocycles. The lowest BCUT2D eigenvalue weighted by Gasteiger charge is -2.14. The molecule has 0 aromatic heterocycles. The first-order chi connectivity index (χ1) is 13.9. The average molecular weight is 431 g/mol. The molecule has 0 bridgehead atoms. The van der Waals surface area contributed by atoms with Gasteiger partial charge in [-0.3, -0.25) is 14.5 Å². The second kappa shape index (κ2) is 7.58. The Hall–Kier alpha value is -3.17. The molecule has 0 saturated carbocycles. The van der Waals surface area contributed by atoms with Crippen LogP contribution < -0.4 is 0 Å². The highest BCUT2D eigenvalue weighted by Crippen LogP contribution is 2.36. The van der Waals surface area contributed by atoms with Crippen molar-refractivity contribution in [3.63, 3.8) is 0 Å². The number of hydrogen-bond acceptors (Lipinski definition) is 2. The first kappa shape index (κ1) is 21.5. The van der Waals surface area contributed by atoms with E-state index < -0.39 is 59.6 Å². The van der Waals surface area contributed by atoms with E-state index in [9.17, 15) is 40.3 Å². The number of amides is 2. The average Bonchev–Trinajstić information content (AvgIpc) is 2.90. The molecule has 3 rings (SSSR count). The monoisotopic (exact) mass is 431 g/mol. The highest BCUT2D eigenvalue weighted by Gasteiger charge is 2.37. The fourth-order valence-electron chi connectivity index (χ4n) is 2.96. The minimum absolute atomic E-state index is 0.0254. The molecule has 2 amide bonds. The summed E-state index contributed by atoms with van der Waals surface area (Å²) in [6.07, 6.45) is -9.89. The molecule has 0 aliphatic carbocycles. The highest BCUT2D eigenvalue weighted by molar-refractivity contribution is 6.21. The smallest absolute Gasteiger partial charge is 0.269 e. The van der Waals surface area contributed by atoms with Crippen molar-refractivity contribution >= 4 is 11.8 Å². The second-order valence-corrected chi connectivity index (χ2v) is 6.51. The Bertz CT molecular complexity index is 971. The predicted molar refractivity (Wildman–Crippen MR) is 91.2 cm³/mol. The lowest BCUT2D eigenvalue weighted by atomic mass is 10.0. The molecular formula is C20H12F7NO2. The van der Waals surface area contributed by atoms with Crippen LogP contribution in [-0.4, -0.2) is 23.3 Å². The zero-order valence-electron chi connectivity index (χ0n) is 14.9. The van der Waals surface area contributed by atoms with Gasteiger partial charge in [0, 0.05) is 0 Å². The molecule has 158 valence electrons. The van der Waals surface area contributed by atoms with Crippen molar-refractivity contribution in [2.45, 2.75) is 18.8 Å². The van der Waals surface area contributed by atoms with Crippen molar-refractivity contribution in [1.82, 2.24) is 4.90 Å². The second-order valence-electron chi connectivity index (χ2n) is 6.51. The van der Waals surface area contributed by atoms with Crippen molar-refractivity contribution in [3.8, 4) is 0 Å². The number of fused-ring (bicyclic) bond motifs is 1. The number of nitrogens with zero attached hydrogens (tertiary/aromatic N) is 1. The largest absolute Gasteiger partial charge is 0.416 e. The molecule has 0 N–H and O–H groups in total. The number of allylic oxidation sites excluding steroid dienone is 1. The van der Waals surface area contributed by atoms with Crippen LogP contribution in [0.5, 0.6) is 0 Å². The van der Waals surface area contributed by atoms with Crippen LogP contribution >= 0.6 is 0 Å². The van der Waals surface area contributed by atoms with Gasteiger partial charge in [0.1, 0.15) is 5.83 Å². The van der Waals surface area contributed by atoms with Crippen LogP contribution in [0.25, 0.3) is 0 Å². The third-order valence-corrected chi connectivity index (χ3v) is 4.39. The van der Waals surface area contributed by atoms with E-state index in [2.05, 4.69) is 0 Å². The summed E-state index contributed by atoms with van der Waals surface area (Å²) in [5.41, 5.74) is -3.27. The first-order valence-electron chi connectivity index (χ1n) is 8.46. The topological polar surface area (TPSA) is 37.4 Å². The van der Waals surface area contributed by atoms with E-state index in [1.54, 1.807) is 0 Å². The molecule has 2 aromatic carbocycles. The van der Waals surface area contributed by atoms with Gasteiger partial charge in [-0.2, -0.15) is 26.3 Å². The Kier molecular flexibility index (Phi) is 5.44. The summed E-state index contributed by atoms with van der Waals surface area (Å²) >= 11 is 0. The fraction of sp³-hybridized carbons (Fsp3) is 0.200. The number of benzene rings is 2. The summed E-state index contributed by atoms with van der Waals surface area (Å²) in [6, 6.07) is 6.76. The van der Waals surface area contributed by atoms with Crippen LogP contribution in [0.2, 0.25) is 0 Å². The molecule has 0 saturated heterocycles. The van der Waals surface area contributed by atoms with Gasteiger partial charge >= 0.3 is 12.4 Å².